The predicted molar refractivity (Wildman–Crippen MR) is 93.7 cm³/mol. The molecule has 5 heteroatoms. The molecule has 112 valence electrons. The van der Waals surface area contributed by atoms with Crippen molar-refractivity contribution in [3.8, 4) is 0 Å². The van der Waals surface area contributed by atoms with Crippen LogP contribution >= 0.6 is 34.8 Å². The van der Waals surface area contributed by atoms with E-state index < -0.39 is 9.96 Å². The zero-order valence-corrected chi connectivity index (χ0v) is 14.1. The Labute approximate surface area is 140 Å². The van der Waals surface area contributed by atoms with Crippen LogP contribution in [0.4, 0.5) is 11.4 Å². The average molecular weight is 344 g/mol. The minimum Gasteiger partial charge on any atom is -0.362 e. The van der Waals surface area contributed by atoms with Gasteiger partial charge in [0.1, 0.15) is 6.17 Å². The van der Waals surface area contributed by atoms with E-state index in [2.05, 4.69) is 10.6 Å². The zero-order chi connectivity index (χ0) is 15.5. The topological polar surface area (TPSA) is 24.1 Å². The van der Waals surface area contributed by atoms with Crippen molar-refractivity contribution in [1.82, 2.24) is 0 Å². The van der Waals surface area contributed by atoms with Gasteiger partial charge in [-0.25, -0.2) is 0 Å². The van der Waals surface area contributed by atoms with Gasteiger partial charge in [-0.1, -0.05) is 59.1 Å². The Hall–Kier alpha value is -1.09. The van der Waals surface area contributed by atoms with Crippen LogP contribution in [0.25, 0.3) is 0 Å². The molecule has 2 nitrogen and oxygen atoms in total. The molecule has 0 atom stereocenters. The van der Waals surface area contributed by atoms with Crippen LogP contribution in [0.2, 0.25) is 0 Å². The van der Waals surface area contributed by atoms with Gasteiger partial charge in [0, 0.05) is 11.4 Å². The average Bonchev–Trinajstić information content (AvgIpc) is 2.37. The zero-order valence-electron chi connectivity index (χ0n) is 11.8. The summed E-state index contributed by atoms with van der Waals surface area (Å²) in [6.07, 6.45) is -0.550. The number of rotatable bonds is 4. The highest BCUT2D eigenvalue weighted by Crippen LogP contribution is 2.33. The lowest BCUT2D eigenvalue weighted by atomic mass is 10.2. The molecule has 2 N–H and O–H groups in total. The van der Waals surface area contributed by atoms with E-state index in [-0.39, 0.29) is 0 Å². The standard InChI is InChI=1S/C16H17Cl3N2/c1-11-5-3-7-13(9-11)20-15(16(17,18)19)21-14-8-4-6-12(2)10-14/h3-10,15,20-21H,1-2H3. The molecular weight excluding hydrogens is 327 g/mol. The maximum absolute atomic E-state index is 6.08. The molecule has 0 unspecified atom stereocenters. The van der Waals surface area contributed by atoms with Gasteiger partial charge in [-0.05, 0) is 49.2 Å². The van der Waals surface area contributed by atoms with Crippen LogP contribution < -0.4 is 10.6 Å². The summed E-state index contributed by atoms with van der Waals surface area (Å²) in [7, 11) is 0. The Bertz CT molecular complexity index is 561. The second-order valence-corrected chi connectivity index (χ2v) is 7.37. The molecule has 0 aliphatic carbocycles. The molecule has 0 saturated heterocycles. The summed E-state index contributed by atoms with van der Waals surface area (Å²) in [5.74, 6) is 0. The molecule has 0 heterocycles. The van der Waals surface area contributed by atoms with Crippen LogP contribution in [0.3, 0.4) is 0 Å². The third-order valence-electron chi connectivity index (χ3n) is 2.99. The highest BCUT2D eigenvalue weighted by atomic mass is 35.6. The lowest BCUT2D eigenvalue weighted by molar-refractivity contribution is 0.837. The van der Waals surface area contributed by atoms with Gasteiger partial charge in [-0.2, -0.15) is 0 Å². The molecule has 0 saturated carbocycles. The Morgan fingerprint density at radius 1 is 0.810 bits per heavy atom. The quantitative estimate of drug-likeness (QED) is 0.564. The molecule has 2 aromatic carbocycles. The molecule has 2 rings (SSSR count). The van der Waals surface area contributed by atoms with Crippen LogP contribution in [-0.4, -0.2) is 9.96 Å². The normalized spacial score (nSPS) is 11.5. The third kappa shape index (κ3) is 4.99. The van der Waals surface area contributed by atoms with E-state index >= 15 is 0 Å². The minimum absolute atomic E-state index is 0.550. The first-order chi connectivity index (χ1) is 9.84. The van der Waals surface area contributed by atoms with Gasteiger partial charge >= 0.3 is 0 Å². The van der Waals surface area contributed by atoms with E-state index in [4.69, 9.17) is 34.8 Å². The van der Waals surface area contributed by atoms with Crippen molar-refractivity contribution in [1.29, 1.82) is 0 Å². The predicted octanol–water partition coefficient (Wildman–Crippen LogP) is 5.52. The van der Waals surface area contributed by atoms with Crippen molar-refractivity contribution in [2.24, 2.45) is 0 Å². The van der Waals surface area contributed by atoms with Crippen molar-refractivity contribution in [2.45, 2.75) is 23.8 Å². The second kappa shape index (κ2) is 6.78. The lowest BCUT2D eigenvalue weighted by Gasteiger charge is -2.28. The Kier molecular flexibility index (Phi) is 5.26. The van der Waals surface area contributed by atoms with Crippen molar-refractivity contribution in [3.63, 3.8) is 0 Å². The van der Waals surface area contributed by atoms with Gasteiger partial charge in [-0.3, -0.25) is 0 Å². The number of hydrogen-bond acceptors (Lipinski definition) is 2. The number of hydrogen-bond donors (Lipinski definition) is 2. The molecule has 0 fully saturated rings. The fourth-order valence-electron chi connectivity index (χ4n) is 2.00. The van der Waals surface area contributed by atoms with Crippen LogP contribution in [0.5, 0.6) is 0 Å². The van der Waals surface area contributed by atoms with Crippen molar-refractivity contribution >= 4 is 46.2 Å². The van der Waals surface area contributed by atoms with Crippen LogP contribution in [-0.2, 0) is 0 Å². The van der Waals surface area contributed by atoms with Gasteiger partial charge in [0.05, 0.1) is 0 Å². The Balaban J connectivity index is 2.19. The fraction of sp³-hybridized carbons (Fsp3) is 0.250. The van der Waals surface area contributed by atoms with E-state index in [0.29, 0.717) is 0 Å². The largest absolute Gasteiger partial charge is 0.362 e. The van der Waals surface area contributed by atoms with E-state index in [1.807, 2.05) is 62.4 Å². The first-order valence-electron chi connectivity index (χ1n) is 6.58. The van der Waals surface area contributed by atoms with Gasteiger partial charge in [0.2, 0.25) is 3.79 Å². The highest BCUT2D eigenvalue weighted by Gasteiger charge is 2.32. The molecule has 0 amide bonds. The maximum atomic E-state index is 6.08. The lowest BCUT2D eigenvalue weighted by Crippen LogP contribution is -2.40. The maximum Gasteiger partial charge on any atom is 0.228 e. The van der Waals surface area contributed by atoms with Crippen molar-refractivity contribution < 1.29 is 0 Å². The minimum atomic E-state index is -1.49. The summed E-state index contributed by atoms with van der Waals surface area (Å²) in [5.41, 5.74) is 4.07. The summed E-state index contributed by atoms with van der Waals surface area (Å²) < 4.78 is -1.49. The smallest absolute Gasteiger partial charge is 0.228 e. The molecule has 2 aromatic rings. The second-order valence-electron chi connectivity index (χ2n) is 5.00. The molecule has 0 radical (unpaired) electrons. The van der Waals surface area contributed by atoms with Gasteiger partial charge < -0.3 is 10.6 Å². The summed E-state index contributed by atoms with van der Waals surface area (Å²) in [4.78, 5) is 0. The van der Waals surface area contributed by atoms with Gasteiger partial charge in [0.25, 0.3) is 0 Å². The number of benzene rings is 2. The summed E-state index contributed by atoms with van der Waals surface area (Å²) in [6.45, 7) is 4.03. The van der Waals surface area contributed by atoms with Crippen molar-refractivity contribution in [3.05, 3.63) is 59.7 Å². The number of alkyl halides is 3. The van der Waals surface area contributed by atoms with Crippen LogP contribution in [0.15, 0.2) is 48.5 Å². The molecule has 0 bridgehead atoms. The third-order valence-corrected chi connectivity index (χ3v) is 3.64. The van der Waals surface area contributed by atoms with Crippen LogP contribution in [0.1, 0.15) is 11.1 Å². The SMILES string of the molecule is Cc1cccc(NC(Nc2cccc(C)c2)C(Cl)(Cl)Cl)c1. The van der Waals surface area contributed by atoms with E-state index in [9.17, 15) is 0 Å². The summed E-state index contributed by atoms with van der Waals surface area (Å²) >= 11 is 18.3. The molecule has 0 spiro atoms. The number of aryl methyl sites for hydroxylation is 2. The van der Waals surface area contributed by atoms with E-state index in [1.54, 1.807) is 0 Å². The highest BCUT2D eigenvalue weighted by molar-refractivity contribution is 6.68. The van der Waals surface area contributed by atoms with Crippen molar-refractivity contribution in [2.75, 3.05) is 10.6 Å². The molecular formula is C16H17Cl3N2. The van der Waals surface area contributed by atoms with E-state index in [0.717, 1.165) is 22.5 Å². The first-order valence-corrected chi connectivity index (χ1v) is 7.71. The molecule has 0 aromatic heterocycles. The summed E-state index contributed by atoms with van der Waals surface area (Å²) in [6, 6.07) is 15.8. The fourth-order valence-corrected chi connectivity index (χ4v) is 2.33. The van der Waals surface area contributed by atoms with Gasteiger partial charge in [-0.15, -0.1) is 0 Å². The number of halogens is 3. The van der Waals surface area contributed by atoms with Crippen LogP contribution in [0, 0.1) is 13.8 Å². The number of nitrogens with one attached hydrogen (secondary N) is 2. The number of anilines is 2. The van der Waals surface area contributed by atoms with E-state index in [1.165, 1.54) is 0 Å². The Morgan fingerprint density at radius 3 is 1.57 bits per heavy atom. The Morgan fingerprint density at radius 2 is 1.24 bits per heavy atom. The first kappa shape index (κ1) is 16.3. The molecule has 21 heavy (non-hydrogen) atoms. The molecule has 0 aliphatic rings. The summed E-state index contributed by atoms with van der Waals surface area (Å²) in [5, 5.41) is 6.44. The molecule has 0 aliphatic heterocycles. The van der Waals surface area contributed by atoms with Gasteiger partial charge in [0.15, 0.2) is 0 Å². The monoisotopic (exact) mass is 342 g/mol.